The van der Waals surface area contributed by atoms with Crippen molar-refractivity contribution in [2.45, 2.75) is 6.92 Å². The molecule has 0 spiro atoms. The number of aromatic nitrogens is 2. The number of nitro groups is 1. The fraction of sp³-hybridized carbons (Fsp3) is 0.133. The summed E-state index contributed by atoms with van der Waals surface area (Å²) in [5.41, 5.74) is 0.794. The van der Waals surface area contributed by atoms with E-state index >= 15 is 0 Å². The van der Waals surface area contributed by atoms with E-state index in [1.165, 1.54) is 25.1 Å². The maximum absolute atomic E-state index is 11.9. The maximum Gasteiger partial charge on any atom is 0.323 e. The molecule has 0 bridgehead atoms. The number of Topliss-reactive ketones (excluding diaryl/α,β-unsaturated/α-hetero) is 1. The highest BCUT2D eigenvalue weighted by Crippen LogP contribution is 2.40. The number of rotatable bonds is 4. The SMILES string of the molecule is CC(=O)c1cc2c(cc1Nc1ccc3nonc3c1[N+](=O)[O-])OCO2. The van der Waals surface area contributed by atoms with Gasteiger partial charge in [-0.05, 0) is 35.4 Å². The van der Waals surface area contributed by atoms with Crippen LogP contribution in [-0.2, 0) is 0 Å². The van der Waals surface area contributed by atoms with Crippen molar-refractivity contribution in [3.8, 4) is 11.5 Å². The molecule has 0 fully saturated rings. The van der Waals surface area contributed by atoms with Crippen LogP contribution < -0.4 is 14.8 Å². The van der Waals surface area contributed by atoms with Crippen LogP contribution in [0, 0.1) is 10.1 Å². The number of hydrogen-bond donors (Lipinski definition) is 1. The summed E-state index contributed by atoms with van der Waals surface area (Å²) in [4.78, 5) is 22.8. The third kappa shape index (κ3) is 2.40. The summed E-state index contributed by atoms with van der Waals surface area (Å²) in [5, 5.41) is 21.6. The van der Waals surface area contributed by atoms with Crippen LogP contribution in [0.4, 0.5) is 17.1 Å². The minimum Gasteiger partial charge on any atom is -0.454 e. The van der Waals surface area contributed by atoms with Crippen molar-refractivity contribution in [1.29, 1.82) is 0 Å². The Hall–Kier alpha value is -3.69. The zero-order valence-corrected chi connectivity index (χ0v) is 12.8. The molecule has 0 atom stereocenters. The Balaban J connectivity index is 1.86. The normalized spacial score (nSPS) is 12.4. The van der Waals surface area contributed by atoms with Crippen LogP contribution in [0.1, 0.15) is 17.3 Å². The molecule has 25 heavy (non-hydrogen) atoms. The van der Waals surface area contributed by atoms with Gasteiger partial charge in [0.1, 0.15) is 11.2 Å². The van der Waals surface area contributed by atoms with Crippen LogP contribution in [0.3, 0.4) is 0 Å². The first-order chi connectivity index (χ1) is 12.0. The molecule has 3 aromatic rings. The van der Waals surface area contributed by atoms with Crippen molar-refractivity contribution in [3.05, 3.63) is 39.9 Å². The predicted octanol–water partition coefficient (Wildman–Crippen LogP) is 2.81. The molecule has 2 heterocycles. The Kier molecular flexibility index (Phi) is 3.24. The molecular formula is C15H10N4O6. The molecule has 0 amide bonds. The highest BCUT2D eigenvalue weighted by molar-refractivity contribution is 6.02. The molecule has 0 saturated carbocycles. The first kappa shape index (κ1) is 14.9. The quantitative estimate of drug-likeness (QED) is 0.432. The number of carbonyl (C=O) groups excluding carboxylic acids is 1. The van der Waals surface area contributed by atoms with Gasteiger partial charge < -0.3 is 14.8 Å². The average Bonchev–Trinajstić information content (AvgIpc) is 3.21. The maximum atomic E-state index is 11.9. The lowest BCUT2D eigenvalue weighted by atomic mass is 10.1. The number of ether oxygens (including phenoxy) is 2. The molecule has 0 aliphatic carbocycles. The molecule has 1 aromatic heterocycles. The Morgan fingerprint density at radius 3 is 2.68 bits per heavy atom. The number of anilines is 2. The van der Waals surface area contributed by atoms with E-state index in [1.54, 1.807) is 6.07 Å². The Bertz CT molecular complexity index is 1030. The Morgan fingerprint density at radius 2 is 1.96 bits per heavy atom. The predicted molar refractivity (Wildman–Crippen MR) is 84.3 cm³/mol. The third-order valence-electron chi connectivity index (χ3n) is 3.75. The lowest BCUT2D eigenvalue weighted by molar-refractivity contribution is -0.382. The first-order valence-electron chi connectivity index (χ1n) is 7.16. The average molecular weight is 342 g/mol. The largest absolute Gasteiger partial charge is 0.454 e. The van der Waals surface area contributed by atoms with E-state index in [-0.39, 0.29) is 35.0 Å². The van der Waals surface area contributed by atoms with Gasteiger partial charge in [0, 0.05) is 11.6 Å². The van der Waals surface area contributed by atoms with Gasteiger partial charge in [-0.25, -0.2) is 4.63 Å². The molecule has 0 saturated heterocycles. The molecule has 10 nitrogen and oxygen atoms in total. The van der Waals surface area contributed by atoms with Gasteiger partial charge in [-0.2, -0.15) is 0 Å². The van der Waals surface area contributed by atoms with E-state index in [9.17, 15) is 14.9 Å². The van der Waals surface area contributed by atoms with Crippen LogP contribution in [0.2, 0.25) is 0 Å². The van der Waals surface area contributed by atoms with E-state index in [1.807, 2.05) is 0 Å². The number of benzene rings is 2. The van der Waals surface area contributed by atoms with E-state index in [4.69, 9.17) is 9.47 Å². The minimum atomic E-state index is -0.588. The van der Waals surface area contributed by atoms with Crippen molar-refractivity contribution in [1.82, 2.24) is 10.3 Å². The molecule has 1 aliphatic heterocycles. The number of nitrogens with zero attached hydrogens (tertiary/aromatic N) is 3. The second-order valence-corrected chi connectivity index (χ2v) is 5.28. The van der Waals surface area contributed by atoms with Gasteiger partial charge in [0.05, 0.1) is 10.6 Å². The molecule has 4 rings (SSSR count). The molecule has 0 radical (unpaired) electrons. The van der Waals surface area contributed by atoms with Gasteiger partial charge in [-0.3, -0.25) is 14.9 Å². The fourth-order valence-electron chi connectivity index (χ4n) is 2.61. The lowest BCUT2D eigenvalue weighted by Gasteiger charge is -2.11. The summed E-state index contributed by atoms with van der Waals surface area (Å²) < 4.78 is 15.1. The molecule has 10 heteroatoms. The van der Waals surface area contributed by atoms with Crippen LogP contribution in [0.5, 0.6) is 11.5 Å². The van der Waals surface area contributed by atoms with Gasteiger partial charge in [0.2, 0.25) is 12.3 Å². The van der Waals surface area contributed by atoms with Gasteiger partial charge in [0.25, 0.3) is 0 Å². The highest BCUT2D eigenvalue weighted by atomic mass is 16.7. The number of carbonyl (C=O) groups is 1. The number of ketones is 1. The van der Waals surface area contributed by atoms with Crippen LogP contribution in [0.25, 0.3) is 11.0 Å². The number of nitrogens with one attached hydrogen (secondary N) is 1. The fourth-order valence-corrected chi connectivity index (χ4v) is 2.61. The standard InChI is InChI=1S/C15H10N4O6/c1-7(20)8-4-12-13(24-6-23-12)5-11(8)16-10-3-2-9-14(18-25-17-9)15(10)19(21)22/h2-5,16H,6H2,1H3. The van der Waals surface area contributed by atoms with Gasteiger partial charge in [-0.1, -0.05) is 0 Å². The van der Waals surface area contributed by atoms with Crippen molar-refractivity contribution < 1.29 is 23.8 Å². The zero-order valence-electron chi connectivity index (χ0n) is 12.8. The first-order valence-corrected chi connectivity index (χ1v) is 7.16. The third-order valence-corrected chi connectivity index (χ3v) is 3.75. The van der Waals surface area contributed by atoms with Crippen molar-refractivity contribution in [2.75, 3.05) is 12.1 Å². The van der Waals surface area contributed by atoms with E-state index in [0.29, 0.717) is 22.7 Å². The summed E-state index contributed by atoms with van der Waals surface area (Å²) in [6.07, 6.45) is 0. The Morgan fingerprint density at radius 1 is 1.20 bits per heavy atom. The summed E-state index contributed by atoms with van der Waals surface area (Å²) in [5.74, 6) is 0.661. The van der Waals surface area contributed by atoms with Crippen molar-refractivity contribution in [3.63, 3.8) is 0 Å². The van der Waals surface area contributed by atoms with Crippen LogP contribution in [0.15, 0.2) is 28.9 Å². The second-order valence-electron chi connectivity index (χ2n) is 5.28. The summed E-state index contributed by atoms with van der Waals surface area (Å²) >= 11 is 0. The molecule has 1 N–H and O–H groups in total. The number of fused-ring (bicyclic) bond motifs is 2. The number of nitro benzene ring substituents is 1. The molecule has 2 aromatic carbocycles. The Labute approximate surface area is 139 Å². The van der Waals surface area contributed by atoms with E-state index < -0.39 is 4.92 Å². The van der Waals surface area contributed by atoms with Crippen LogP contribution in [-0.4, -0.2) is 27.8 Å². The summed E-state index contributed by atoms with van der Waals surface area (Å²) in [7, 11) is 0. The smallest absolute Gasteiger partial charge is 0.323 e. The van der Waals surface area contributed by atoms with E-state index in [0.717, 1.165) is 0 Å². The summed E-state index contributed by atoms with van der Waals surface area (Å²) in [6.45, 7) is 1.44. The van der Waals surface area contributed by atoms with Gasteiger partial charge in [0.15, 0.2) is 17.3 Å². The van der Waals surface area contributed by atoms with E-state index in [2.05, 4.69) is 20.3 Å². The second kappa shape index (κ2) is 5.44. The highest BCUT2D eigenvalue weighted by Gasteiger charge is 2.25. The summed E-state index contributed by atoms with van der Waals surface area (Å²) in [6, 6.07) is 6.10. The van der Waals surface area contributed by atoms with Gasteiger partial charge >= 0.3 is 5.69 Å². The molecule has 1 aliphatic rings. The van der Waals surface area contributed by atoms with Gasteiger partial charge in [-0.15, -0.1) is 0 Å². The lowest BCUT2D eigenvalue weighted by Crippen LogP contribution is -2.03. The van der Waals surface area contributed by atoms with Crippen molar-refractivity contribution >= 4 is 33.9 Å². The molecule has 126 valence electrons. The topological polar surface area (TPSA) is 130 Å². The minimum absolute atomic E-state index is 0.0140. The molecule has 0 unspecified atom stereocenters. The van der Waals surface area contributed by atoms with Crippen LogP contribution >= 0.6 is 0 Å². The number of hydrogen-bond acceptors (Lipinski definition) is 9. The monoisotopic (exact) mass is 342 g/mol. The zero-order chi connectivity index (χ0) is 17.6. The molecular weight excluding hydrogens is 332 g/mol. The van der Waals surface area contributed by atoms with Crippen molar-refractivity contribution in [2.24, 2.45) is 0 Å².